The van der Waals surface area contributed by atoms with Crippen LogP contribution in [-0.2, 0) is 12.4 Å². The van der Waals surface area contributed by atoms with Crippen LogP contribution in [0.1, 0.15) is 5.56 Å². The molecule has 0 saturated heterocycles. The zero-order chi connectivity index (χ0) is 19.6. The molecule has 0 bridgehead atoms. The van der Waals surface area contributed by atoms with Crippen LogP contribution in [0.25, 0.3) is 20.4 Å². The van der Waals surface area contributed by atoms with E-state index in [-0.39, 0.29) is 0 Å². The highest BCUT2D eigenvalue weighted by Crippen LogP contribution is 2.33. The van der Waals surface area contributed by atoms with Crippen LogP contribution in [0.3, 0.4) is 0 Å². The second-order valence-corrected chi connectivity index (χ2v) is 10.5. The summed E-state index contributed by atoms with van der Waals surface area (Å²) in [5.41, 5.74) is 4.62. The topological polar surface area (TPSA) is 29.9 Å². The van der Waals surface area contributed by atoms with Crippen LogP contribution in [0.15, 0.2) is 77.1 Å². The van der Waals surface area contributed by atoms with Gasteiger partial charge in [0.2, 0.25) is 0 Å². The maximum atomic E-state index is 5.55. The average Bonchev–Trinajstić information content (AvgIpc) is 3.30. The van der Waals surface area contributed by atoms with E-state index < -0.39 is 0 Å². The highest BCUT2D eigenvalue weighted by atomic mass is 32.2. The highest BCUT2D eigenvalue weighted by Gasteiger charge is 2.07. The first-order valence-corrected chi connectivity index (χ1v) is 12.2. The lowest BCUT2D eigenvalue weighted by Crippen LogP contribution is -2.07. The first-order chi connectivity index (χ1) is 14.3. The first-order valence-electron chi connectivity index (χ1n) is 9.16. The van der Waals surface area contributed by atoms with Gasteiger partial charge in [0.15, 0.2) is 8.29 Å². The second kappa shape index (κ2) is 8.28. The number of hydrogen-bond acceptors (Lipinski definition) is 6. The summed E-state index contributed by atoms with van der Waals surface area (Å²) >= 11 is 10.7. The summed E-state index contributed by atoms with van der Waals surface area (Å²) in [6, 6.07) is 25.2. The standard InChI is InChI=1S/C22H17N3S4/c26-22-25(18-8-4-5-9-19(18)29-22)14-23-16-10-11-17-20(12-16)28-21(24-17)27-13-15-6-2-1-3-7-15/h1-12,23H,13-14H2. The van der Waals surface area contributed by atoms with Crippen LogP contribution in [-0.4, -0.2) is 9.55 Å². The van der Waals surface area contributed by atoms with Gasteiger partial charge in [-0.25, -0.2) is 4.98 Å². The van der Waals surface area contributed by atoms with E-state index in [4.69, 9.17) is 17.2 Å². The largest absolute Gasteiger partial charge is 0.367 e. The van der Waals surface area contributed by atoms with Gasteiger partial charge in [0.25, 0.3) is 0 Å². The van der Waals surface area contributed by atoms with Crippen LogP contribution < -0.4 is 5.32 Å². The molecule has 0 aliphatic heterocycles. The minimum Gasteiger partial charge on any atom is -0.367 e. The molecule has 0 unspecified atom stereocenters. The van der Waals surface area contributed by atoms with Crippen molar-refractivity contribution in [2.75, 3.05) is 5.32 Å². The Morgan fingerprint density at radius 2 is 1.76 bits per heavy atom. The van der Waals surface area contributed by atoms with Crippen LogP contribution in [0.4, 0.5) is 5.69 Å². The van der Waals surface area contributed by atoms with Crippen LogP contribution in [0.5, 0.6) is 0 Å². The molecule has 5 aromatic rings. The Balaban J connectivity index is 1.32. The van der Waals surface area contributed by atoms with Gasteiger partial charge in [-0.1, -0.05) is 54.2 Å². The molecule has 0 aliphatic rings. The predicted octanol–water partition coefficient (Wildman–Crippen LogP) is 7.40. The Morgan fingerprint density at radius 1 is 0.931 bits per heavy atom. The highest BCUT2D eigenvalue weighted by molar-refractivity contribution is 8.00. The summed E-state index contributed by atoms with van der Waals surface area (Å²) in [7, 11) is 0. The van der Waals surface area contributed by atoms with E-state index in [1.165, 1.54) is 20.5 Å². The Bertz CT molecular complexity index is 1330. The molecule has 3 aromatic carbocycles. The lowest BCUT2D eigenvalue weighted by Gasteiger charge is -2.08. The molecule has 2 aromatic heterocycles. The fourth-order valence-electron chi connectivity index (χ4n) is 3.13. The SMILES string of the molecule is S=c1sc2ccccc2n1CNc1ccc2nc(SCc3ccccc3)sc2c1. The van der Waals surface area contributed by atoms with Gasteiger partial charge in [0, 0.05) is 11.4 Å². The zero-order valence-corrected chi connectivity index (χ0v) is 18.6. The lowest BCUT2D eigenvalue weighted by molar-refractivity contribution is 0.808. The molecule has 7 heteroatoms. The van der Waals surface area contributed by atoms with Gasteiger partial charge >= 0.3 is 0 Å². The van der Waals surface area contributed by atoms with E-state index in [0.29, 0.717) is 6.67 Å². The fraction of sp³-hybridized carbons (Fsp3) is 0.0909. The van der Waals surface area contributed by atoms with Gasteiger partial charge in [-0.3, -0.25) is 0 Å². The Morgan fingerprint density at radius 3 is 2.66 bits per heavy atom. The molecule has 3 nitrogen and oxygen atoms in total. The maximum absolute atomic E-state index is 5.55. The van der Waals surface area contributed by atoms with Crippen molar-refractivity contribution >= 4 is 72.8 Å². The smallest absolute Gasteiger partial charge is 0.163 e. The zero-order valence-electron chi connectivity index (χ0n) is 15.4. The minimum atomic E-state index is 0.656. The predicted molar refractivity (Wildman–Crippen MR) is 130 cm³/mol. The van der Waals surface area contributed by atoms with E-state index in [1.807, 2.05) is 6.07 Å². The number of nitrogens with one attached hydrogen (secondary N) is 1. The first kappa shape index (κ1) is 18.8. The molecular formula is C22H17N3S4. The van der Waals surface area contributed by atoms with Crippen molar-refractivity contribution in [3.8, 4) is 0 Å². The van der Waals surface area contributed by atoms with Crippen molar-refractivity contribution in [2.24, 2.45) is 0 Å². The Labute approximate surface area is 186 Å². The number of thioether (sulfide) groups is 1. The van der Waals surface area contributed by atoms with Crippen molar-refractivity contribution in [1.29, 1.82) is 0 Å². The second-order valence-electron chi connectivity index (χ2n) is 6.54. The number of fused-ring (bicyclic) bond motifs is 2. The summed E-state index contributed by atoms with van der Waals surface area (Å²) in [5.74, 6) is 0.940. The number of rotatable bonds is 6. The summed E-state index contributed by atoms with van der Waals surface area (Å²) in [4.78, 5) is 4.77. The molecule has 0 saturated carbocycles. The van der Waals surface area contributed by atoms with Crippen molar-refractivity contribution < 1.29 is 0 Å². The monoisotopic (exact) mass is 451 g/mol. The molecule has 0 amide bonds. The van der Waals surface area contributed by atoms with Gasteiger partial charge in [-0.15, -0.1) is 22.7 Å². The van der Waals surface area contributed by atoms with Crippen molar-refractivity contribution in [3.63, 3.8) is 0 Å². The third kappa shape index (κ3) is 4.09. The fourth-order valence-corrected chi connectivity index (χ4v) is 6.51. The molecule has 0 aliphatic carbocycles. The van der Waals surface area contributed by atoms with Crippen LogP contribution >= 0.6 is 46.7 Å². The van der Waals surface area contributed by atoms with Crippen LogP contribution in [0.2, 0.25) is 0 Å². The molecule has 0 spiro atoms. The molecule has 1 N–H and O–H groups in total. The van der Waals surface area contributed by atoms with Gasteiger partial charge in [-0.2, -0.15) is 0 Å². The molecule has 144 valence electrons. The third-order valence-corrected chi connectivity index (χ3v) is 8.25. The summed E-state index contributed by atoms with van der Waals surface area (Å²) in [5, 5.41) is 3.51. The molecular weight excluding hydrogens is 435 g/mol. The van der Waals surface area contributed by atoms with Crippen molar-refractivity contribution in [1.82, 2.24) is 9.55 Å². The number of nitrogens with zero attached hydrogens (tertiary/aromatic N) is 2. The molecule has 29 heavy (non-hydrogen) atoms. The molecule has 0 atom stereocenters. The Hall–Kier alpha value is -2.19. The lowest BCUT2D eigenvalue weighted by atomic mass is 10.2. The van der Waals surface area contributed by atoms with E-state index in [9.17, 15) is 0 Å². The molecule has 5 rings (SSSR count). The van der Waals surface area contributed by atoms with Crippen LogP contribution in [0, 0.1) is 3.95 Å². The molecule has 0 fully saturated rings. The Kier molecular flexibility index (Phi) is 5.37. The van der Waals surface area contributed by atoms with E-state index in [0.717, 1.165) is 25.3 Å². The normalized spacial score (nSPS) is 11.3. The maximum Gasteiger partial charge on any atom is 0.163 e. The summed E-state index contributed by atoms with van der Waals surface area (Å²) in [6.07, 6.45) is 0. The van der Waals surface area contributed by atoms with Gasteiger partial charge in [0.05, 0.1) is 27.1 Å². The third-order valence-electron chi connectivity index (χ3n) is 4.59. The number of para-hydroxylation sites is 1. The minimum absolute atomic E-state index is 0.656. The number of thiazole rings is 2. The van der Waals surface area contributed by atoms with Gasteiger partial charge in [0.1, 0.15) is 0 Å². The van der Waals surface area contributed by atoms with Crippen molar-refractivity contribution in [2.45, 2.75) is 16.8 Å². The summed E-state index contributed by atoms with van der Waals surface area (Å²) in [6.45, 7) is 0.656. The number of benzene rings is 3. The summed E-state index contributed by atoms with van der Waals surface area (Å²) < 4.78 is 6.55. The van der Waals surface area contributed by atoms with E-state index >= 15 is 0 Å². The van der Waals surface area contributed by atoms with E-state index in [2.05, 4.69) is 76.6 Å². The van der Waals surface area contributed by atoms with Gasteiger partial charge in [-0.05, 0) is 48.1 Å². The molecule has 0 radical (unpaired) electrons. The number of anilines is 1. The average molecular weight is 452 g/mol. The van der Waals surface area contributed by atoms with Gasteiger partial charge < -0.3 is 9.88 Å². The van der Waals surface area contributed by atoms with Crippen molar-refractivity contribution in [3.05, 3.63) is 82.3 Å². The number of hydrogen-bond donors (Lipinski definition) is 1. The molecule has 2 heterocycles. The number of aromatic nitrogens is 2. The van der Waals surface area contributed by atoms with E-state index in [1.54, 1.807) is 34.4 Å². The quantitative estimate of drug-likeness (QED) is 0.215.